The Morgan fingerprint density at radius 3 is 2.90 bits per heavy atom. The second kappa shape index (κ2) is 5.80. The van der Waals surface area contributed by atoms with Crippen LogP contribution in [0.5, 0.6) is 0 Å². The summed E-state index contributed by atoms with van der Waals surface area (Å²) in [7, 11) is 0. The number of nitrogens with one attached hydrogen (secondary N) is 2. The summed E-state index contributed by atoms with van der Waals surface area (Å²) in [6, 6.07) is -0.584. The van der Waals surface area contributed by atoms with E-state index < -0.39 is 30.7 Å². The molecule has 112 valence electrons. The van der Waals surface area contributed by atoms with Gasteiger partial charge >= 0.3 is 6.18 Å². The highest BCUT2D eigenvalue weighted by molar-refractivity contribution is 5.92. The minimum absolute atomic E-state index is 0.115. The summed E-state index contributed by atoms with van der Waals surface area (Å²) < 4.78 is 36.4. The van der Waals surface area contributed by atoms with Crippen LogP contribution < -0.4 is 5.32 Å². The zero-order valence-electron chi connectivity index (χ0n) is 10.5. The average Bonchev–Trinajstić information content (AvgIpc) is 2.96. The number of likely N-dealkylation sites (tertiary alicyclic amines) is 1. The minimum atomic E-state index is -4.22. The van der Waals surface area contributed by atoms with Gasteiger partial charge in [-0.25, -0.2) is 4.98 Å². The molecular formula is C11H15F3N4O2. The number of aromatic nitrogens is 2. The number of H-pyrrole nitrogens is 1. The van der Waals surface area contributed by atoms with E-state index in [4.69, 9.17) is 0 Å². The molecule has 20 heavy (non-hydrogen) atoms. The maximum atomic E-state index is 12.1. The Balaban J connectivity index is 1.83. The minimum Gasteiger partial charge on any atom is -0.390 e. The van der Waals surface area contributed by atoms with Crippen LogP contribution >= 0.6 is 0 Å². The highest BCUT2D eigenvalue weighted by atomic mass is 19.4. The fourth-order valence-corrected chi connectivity index (χ4v) is 2.10. The molecule has 2 heterocycles. The molecule has 0 aliphatic carbocycles. The molecule has 1 saturated heterocycles. The molecule has 2 atom stereocenters. The number of hydrogen-bond donors (Lipinski definition) is 3. The van der Waals surface area contributed by atoms with Crippen LogP contribution in [0.4, 0.5) is 13.2 Å². The lowest BCUT2D eigenvalue weighted by Gasteiger charge is -2.17. The third-order valence-corrected chi connectivity index (χ3v) is 3.14. The van der Waals surface area contributed by atoms with Gasteiger partial charge in [0.2, 0.25) is 0 Å². The second-order valence-corrected chi connectivity index (χ2v) is 4.74. The van der Waals surface area contributed by atoms with Gasteiger partial charge in [0.25, 0.3) is 5.91 Å². The molecule has 0 bridgehead atoms. The van der Waals surface area contributed by atoms with Crippen molar-refractivity contribution in [3.05, 3.63) is 18.2 Å². The first-order valence-corrected chi connectivity index (χ1v) is 6.11. The van der Waals surface area contributed by atoms with E-state index in [2.05, 4.69) is 15.3 Å². The first kappa shape index (κ1) is 14.8. The normalized spacial score (nSPS) is 24.0. The van der Waals surface area contributed by atoms with Crippen molar-refractivity contribution < 1.29 is 23.1 Å². The third-order valence-electron chi connectivity index (χ3n) is 3.14. The number of aliphatic hydroxyl groups is 1. The second-order valence-electron chi connectivity index (χ2n) is 4.74. The molecule has 1 aliphatic heterocycles. The standard InChI is InChI=1S/C11H15F3N4O2/c12-11(13,14)1-2-18-4-8(9(19)5-18)17-10(20)7-3-15-6-16-7/h3,6,8-9,19H,1-2,4-5H2,(H,15,16)(H,17,20)/t8-,9-/m1/s1. The summed E-state index contributed by atoms with van der Waals surface area (Å²) >= 11 is 0. The number of amides is 1. The van der Waals surface area contributed by atoms with Gasteiger partial charge in [0.15, 0.2) is 0 Å². The summed E-state index contributed by atoms with van der Waals surface area (Å²) in [5.41, 5.74) is 0.242. The molecule has 0 unspecified atom stereocenters. The van der Waals surface area contributed by atoms with Crippen LogP contribution in [0.25, 0.3) is 0 Å². The fraction of sp³-hybridized carbons (Fsp3) is 0.636. The molecule has 0 saturated carbocycles. The van der Waals surface area contributed by atoms with Gasteiger partial charge in [-0.3, -0.25) is 9.69 Å². The Morgan fingerprint density at radius 1 is 1.55 bits per heavy atom. The summed E-state index contributed by atoms with van der Waals surface area (Å²) in [5, 5.41) is 12.3. The van der Waals surface area contributed by atoms with E-state index in [9.17, 15) is 23.1 Å². The van der Waals surface area contributed by atoms with Gasteiger partial charge in [-0.05, 0) is 0 Å². The molecule has 0 radical (unpaired) electrons. The molecule has 1 aromatic rings. The zero-order chi connectivity index (χ0) is 14.8. The molecule has 9 heteroatoms. The van der Waals surface area contributed by atoms with E-state index in [-0.39, 0.29) is 25.3 Å². The van der Waals surface area contributed by atoms with Crippen molar-refractivity contribution in [3.8, 4) is 0 Å². The van der Waals surface area contributed by atoms with E-state index in [1.54, 1.807) is 0 Å². The van der Waals surface area contributed by atoms with E-state index in [1.165, 1.54) is 17.4 Å². The van der Waals surface area contributed by atoms with Crippen molar-refractivity contribution in [2.24, 2.45) is 0 Å². The topological polar surface area (TPSA) is 81.2 Å². The highest BCUT2D eigenvalue weighted by Gasteiger charge is 2.35. The van der Waals surface area contributed by atoms with Crippen molar-refractivity contribution in [1.29, 1.82) is 0 Å². The molecule has 1 amide bonds. The van der Waals surface area contributed by atoms with Gasteiger partial charge in [0, 0.05) is 19.6 Å². The Labute approximate surface area is 113 Å². The lowest BCUT2D eigenvalue weighted by Crippen LogP contribution is -2.43. The van der Waals surface area contributed by atoms with Crippen molar-refractivity contribution >= 4 is 5.91 Å². The molecule has 1 aromatic heterocycles. The van der Waals surface area contributed by atoms with Crippen LogP contribution in [0.3, 0.4) is 0 Å². The number of rotatable bonds is 4. The van der Waals surface area contributed by atoms with Crippen LogP contribution in [0.2, 0.25) is 0 Å². The number of aromatic amines is 1. The monoisotopic (exact) mass is 292 g/mol. The fourth-order valence-electron chi connectivity index (χ4n) is 2.10. The summed E-state index contributed by atoms with van der Waals surface area (Å²) in [6.45, 7) is 0.123. The van der Waals surface area contributed by atoms with Gasteiger partial charge in [-0.15, -0.1) is 0 Å². The zero-order valence-corrected chi connectivity index (χ0v) is 10.5. The molecule has 0 spiro atoms. The van der Waals surface area contributed by atoms with Gasteiger partial charge in [-0.2, -0.15) is 13.2 Å². The van der Waals surface area contributed by atoms with Gasteiger partial charge in [0.1, 0.15) is 5.69 Å². The maximum absolute atomic E-state index is 12.1. The van der Waals surface area contributed by atoms with Crippen LogP contribution in [0.15, 0.2) is 12.5 Å². The predicted molar refractivity (Wildman–Crippen MR) is 63.0 cm³/mol. The SMILES string of the molecule is O=C(N[C@@H]1CN(CCC(F)(F)F)C[C@H]1O)c1cnc[nH]1. The number of β-amino-alcohol motifs (C(OH)–C–C–N with tert-alkyl or cyclic N) is 1. The molecule has 1 aliphatic rings. The number of alkyl halides is 3. The van der Waals surface area contributed by atoms with E-state index in [0.29, 0.717) is 0 Å². The van der Waals surface area contributed by atoms with Crippen molar-refractivity contribution in [1.82, 2.24) is 20.2 Å². The first-order valence-electron chi connectivity index (χ1n) is 6.11. The Bertz CT molecular complexity index is 449. The number of imidazole rings is 1. The maximum Gasteiger partial charge on any atom is 0.390 e. The summed E-state index contributed by atoms with van der Waals surface area (Å²) in [5.74, 6) is -0.441. The van der Waals surface area contributed by atoms with Gasteiger partial charge in [-0.1, -0.05) is 0 Å². The van der Waals surface area contributed by atoms with Crippen LogP contribution in [0.1, 0.15) is 16.9 Å². The molecule has 3 N–H and O–H groups in total. The third kappa shape index (κ3) is 3.94. The van der Waals surface area contributed by atoms with E-state index in [0.717, 1.165) is 0 Å². The molecule has 0 aromatic carbocycles. The average molecular weight is 292 g/mol. The van der Waals surface area contributed by atoms with E-state index >= 15 is 0 Å². The molecule has 1 fully saturated rings. The number of carbonyl (C=O) groups is 1. The summed E-state index contributed by atoms with van der Waals surface area (Å²) in [6.07, 6.45) is -3.35. The number of aliphatic hydroxyl groups excluding tert-OH is 1. The first-order chi connectivity index (χ1) is 9.35. The van der Waals surface area contributed by atoms with Crippen LogP contribution in [-0.4, -0.2) is 63.8 Å². The van der Waals surface area contributed by atoms with Crippen molar-refractivity contribution in [2.45, 2.75) is 24.7 Å². The largest absolute Gasteiger partial charge is 0.390 e. The number of carbonyl (C=O) groups excluding carboxylic acids is 1. The smallest absolute Gasteiger partial charge is 0.390 e. The highest BCUT2D eigenvalue weighted by Crippen LogP contribution is 2.21. The summed E-state index contributed by atoms with van der Waals surface area (Å²) in [4.78, 5) is 19.5. The van der Waals surface area contributed by atoms with Crippen molar-refractivity contribution in [3.63, 3.8) is 0 Å². The quantitative estimate of drug-likeness (QED) is 0.737. The van der Waals surface area contributed by atoms with Gasteiger partial charge in [0.05, 0.1) is 31.1 Å². The lowest BCUT2D eigenvalue weighted by atomic mass is 10.2. The van der Waals surface area contributed by atoms with E-state index in [1.807, 2.05) is 0 Å². The van der Waals surface area contributed by atoms with Gasteiger partial charge < -0.3 is 15.4 Å². The number of nitrogens with zero attached hydrogens (tertiary/aromatic N) is 2. The number of halogens is 3. The molecular weight excluding hydrogens is 277 g/mol. The molecule has 6 nitrogen and oxygen atoms in total. The molecule has 2 rings (SSSR count). The Kier molecular flexibility index (Phi) is 4.29. The van der Waals surface area contributed by atoms with Crippen LogP contribution in [0, 0.1) is 0 Å². The predicted octanol–water partition coefficient (Wildman–Crippen LogP) is 0.137. The van der Waals surface area contributed by atoms with Crippen molar-refractivity contribution in [2.75, 3.05) is 19.6 Å². The number of hydrogen-bond acceptors (Lipinski definition) is 4. The Hall–Kier alpha value is -1.61. The Morgan fingerprint density at radius 2 is 2.30 bits per heavy atom. The lowest BCUT2D eigenvalue weighted by molar-refractivity contribution is -0.137. The van der Waals surface area contributed by atoms with Crippen LogP contribution in [-0.2, 0) is 0 Å².